The van der Waals surface area contributed by atoms with E-state index in [4.69, 9.17) is 6.42 Å². The Labute approximate surface area is 162 Å². The summed E-state index contributed by atoms with van der Waals surface area (Å²) in [6.07, 6.45) is 5.33. The van der Waals surface area contributed by atoms with E-state index in [1.54, 1.807) is 42.5 Å². The van der Waals surface area contributed by atoms with Crippen LogP contribution in [0, 0.1) is 12.3 Å². The molecule has 0 saturated heterocycles. The first-order chi connectivity index (χ1) is 13.5. The highest BCUT2D eigenvalue weighted by Crippen LogP contribution is 2.19. The molecule has 0 aliphatic heterocycles. The number of hydrogen-bond acceptors (Lipinski definition) is 3. The number of carbonyl (C=O) groups is 1. The summed E-state index contributed by atoms with van der Waals surface area (Å²) >= 11 is 0. The molecular formula is C20H20F2N4O2. The topological polar surface area (TPSA) is 74.8 Å². The molecule has 0 fully saturated rings. The van der Waals surface area contributed by atoms with Crippen LogP contribution in [-0.2, 0) is 11.3 Å². The Morgan fingerprint density at radius 3 is 2.71 bits per heavy atom. The number of terminal acetylenes is 1. The van der Waals surface area contributed by atoms with Crippen molar-refractivity contribution in [3.05, 3.63) is 59.7 Å². The van der Waals surface area contributed by atoms with Gasteiger partial charge in [0, 0.05) is 30.4 Å². The van der Waals surface area contributed by atoms with Crippen LogP contribution in [0.5, 0.6) is 5.75 Å². The first-order valence-corrected chi connectivity index (χ1v) is 8.35. The standard InChI is InChI=1S/C20H20F2N4O2/c1-3-14-7-6-9-16(11-14)26-18(27)13-25-20(23-2)24-12-15-8-4-5-10-17(15)28-19(21)22/h1,4-11,19H,12-13H2,2H3,(H,26,27)(H2,23,24,25). The van der Waals surface area contributed by atoms with E-state index in [-0.39, 0.29) is 24.7 Å². The molecule has 3 N–H and O–H groups in total. The van der Waals surface area contributed by atoms with Gasteiger partial charge in [0.05, 0.1) is 6.54 Å². The number of carbonyl (C=O) groups excluding carboxylic acids is 1. The lowest BCUT2D eigenvalue weighted by atomic mass is 10.2. The molecule has 6 nitrogen and oxygen atoms in total. The Bertz CT molecular complexity index is 879. The van der Waals surface area contributed by atoms with Crippen LogP contribution in [0.15, 0.2) is 53.5 Å². The van der Waals surface area contributed by atoms with E-state index in [0.29, 0.717) is 22.8 Å². The van der Waals surface area contributed by atoms with Crippen LogP contribution in [0.3, 0.4) is 0 Å². The van der Waals surface area contributed by atoms with E-state index in [2.05, 4.69) is 31.6 Å². The minimum atomic E-state index is -2.91. The van der Waals surface area contributed by atoms with E-state index < -0.39 is 6.61 Å². The summed E-state index contributed by atoms with van der Waals surface area (Å²) in [5.74, 6) is 2.61. The predicted octanol–water partition coefficient (Wildman–Crippen LogP) is 2.57. The minimum absolute atomic E-state index is 0.0465. The Hall–Kier alpha value is -3.60. The highest BCUT2D eigenvalue weighted by atomic mass is 19.3. The summed E-state index contributed by atoms with van der Waals surface area (Å²) in [7, 11) is 1.53. The fourth-order valence-electron chi connectivity index (χ4n) is 2.32. The lowest BCUT2D eigenvalue weighted by molar-refractivity contribution is -0.115. The van der Waals surface area contributed by atoms with E-state index in [9.17, 15) is 13.6 Å². The molecule has 28 heavy (non-hydrogen) atoms. The zero-order valence-corrected chi connectivity index (χ0v) is 15.2. The van der Waals surface area contributed by atoms with Gasteiger partial charge in [-0.25, -0.2) is 0 Å². The van der Waals surface area contributed by atoms with Crippen molar-refractivity contribution in [3.8, 4) is 18.1 Å². The number of ether oxygens (including phenoxy) is 1. The number of benzene rings is 2. The molecule has 2 aromatic carbocycles. The molecule has 0 spiro atoms. The monoisotopic (exact) mass is 386 g/mol. The second kappa shape index (κ2) is 10.5. The number of nitrogens with one attached hydrogen (secondary N) is 3. The van der Waals surface area contributed by atoms with Crippen molar-refractivity contribution in [3.63, 3.8) is 0 Å². The van der Waals surface area contributed by atoms with Crippen molar-refractivity contribution in [2.45, 2.75) is 13.2 Å². The van der Waals surface area contributed by atoms with Crippen LogP contribution in [-0.4, -0.2) is 32.1 Å². The molecule has 0 aromatic heterocycles. The summed E-state index contributed by atoms with van der Waals surface area (Å²) in [4.78, 5) is 16.1. The van der Waals surface area contributed by atoms with Crippen LogP contribution in [0.1, 0.15) is 11.1 Å². The van der Waals surface area contributed by atoms with Crippen LogP contribution >= 0.6 is 0 Å². The molecule has 2 rings (SSSR count). The third-order valence-electron chi connectivity index (χ3n) is 3.59. The highest BCUT2D eigenvalue weighted by molar-refractivity contribution is 5.95. The molecule has 0 aliphatic rings. The molecular weight excluding hydrogens is 366 g/mol. The van der Waals surface area contributed by atoms with Crippen molar-refractivity contribution < 1.29 is 18.3 Å². The zero-order valence-electron chi connectivity index (χ0n) is 15.2. The minimum Gasteiger partial charge on any atom is -0.434 e. The Morgan fingerprint density at radius 1 is 1.21 bits per heavy atom. The molecule has 0 unspecified atom stereocenters. The SMILES string of the molecule is C#Cc1cccc(NC(=O)CNC(=NC)NCc2ccccc2OC(F)F)c1. The third-order valence-corrected chi connectivity index (χ3v) is 3.59. The summed E-state index contributed by atoms with van der Waals surface area (Å²) in [5.41, 5.74) is 1.78. The lowest BCUT2D eigenvalue weighted by Crippen LogP contribution is -2.41. The lowest BCUT2D eigenvalue weighted by Gasteiger charge is -2.14. The summed E-state index contributed by atoms with van der Waals surface area (Å²) in [6, 6.07) is 13.3. The maximum atomic E-state index is 12.5. The van der Waals surface area contributed by atoms with Gasteiger partial charge in [0.25, 0.3) is 0 Å². The van der Waals surface area contributed by atoms with Gasteiger partial charge in [-0.2, -0.15) is 8.78 Å². The number of guanidine groups is 1. The van der Waals surface area contributed by atoms with Gasteiger partial charge in [0.2, 0.25) is 5.91 Å². The van der Waals surface area contributed by atoms with Gasteiger partial charge < -0.3 is 20.7 Å². The smallest absolute Gasteiger partial charge is 0.387 e. The molecule has 0 aliphatic carbocycles. The third kappa shape index (κ3) is 6.61. The van der Waals surface area contributed by atoms with E-state index >= 15 is 0 Å². The number of amides is 1. The van der Waals surface area contributed by atoms with Gasteiger partial charge in [0.15, 0.2) is 5.96 Å². The second-order valence-corrected chi connectivity index (χ2v) is 5.54. The van der Waals surface area contributed by atoms with Gasteiger partial charge >= 0.3 is 6.61 Å². The molecule has 0 heterocycles. The number of anilines is 1. The van der Waals surface area contributed by atoms with Gasteiger partial charge in [-0.3, -0.25) is 9.79 Å². The maximum Gasteiger partial charge on any atom is 0.387 e. The molecule has 146 valence electrons. The van der Waals surface area contributed by atoms with Gasteiger partial charge in [-0.05, 0) is 24.3 Å². The normalized spacial score (nSPS) is 10.9. The number of halogens is 2. The van der Waals surface area contributed by atoms with Crippen molar-refractivity contribution in [2.24, 2.45) is 4.99 Å². The number of aliphatic imine (C=N–C) groups is 1. The summed E-state index contributed by atoms with van der Waals surface area (Å²) in [6.45, 7) is -2.76. The summed E-state index contributed by atoms with van der Waals surface area (Å²) in [5, 5.41) is 8.51. The van der Waals surface area contributed by atoms with Gasteiger partial charge in [0.1, 0.15) is 5.75 Å². The van der Waals surface area contributed by atoms with Gasteiger partial charge in [-0.15, -0.1) is 6.42 Å². The van der Waals surface area contributed by atoms with Crippen LogP contribution < -0.4 is 20.7 Å². The number of para-hydroxylation sites is 1. The first kappa shape index (κ1) is 20.7. The quantitative estimate of drug-likeness (QED) is 0.388. The Morgan fingerprint density at radius 2 is 2.00 bits per heavy atom. The maximum absolute atomic E-state index is 12.5. The largest absolute Gasteiger partial charge is 0.434 e. The van der Waals surface area contributed by atoms with E-state index in [1.807, 2.05) is 0 Å². The van der Waals surface area contributed by atoms with Gasteiger partial charge in [-0.1, -0.05) is 30.2 Å². The zero-order chi connectivity index (χ0) is 20.4. The van der Waals surface area contributed by atoms with E-state index in [0.717, 1.165) is 0 Å². The Balaban J connectivity index is 1.86. The van der Waals surface area contributed by atoms with E-state index in [1.165, 1.54) is 13.1 Å². The fourth-order valence-corrected chi connectivity index (χ4v) is 2.32. The Kier molecular flexibility index (Phi) is 7.78. The van der Waals surface area contributed by atoms with Crippen LogP contribution in [0.25, 0.3) is 0 Å². The average Bonchev–Trinajstić information content (AvgIpc) is 2.69. The van der Waals surface area contributed by atoms with Crippen LogP contribution in [0.2, 0.25) is 0 Å². The molecule has 0 saturated carbocycles. The highest BCUT2D eigenvalue weighted by Gasteiger charge is 2.10. The van der Waals surface area contributed by atoms with Crippen molar-refractivity contribution in [1.29, 1.82) is 0 Å². The number of alkyl halides is 2. The molecule has 0 bridgehead atoms. The molecule has 0 atom stereocenters. The average molecular weight is 386 g/mol. The van der Waals surface area contributed by atoms with Crippen molar-refractivity contribution >= 4 is 17.6 Å². The predicted molar refractivity (Wildman–Crippen MR) is 104 cm³/mol. The fraction of sp³-hybridized carbons (Fsp3) is 0.200. The number of nitrogens with zero attached hydrogens (tertiary/aromatic N) is 1. The first-order valence-electron chi connectivity index (χ1n) is 8.35. The molecule has 8 heteroatoms. The number of rotatable bonds is 7. The molecule has 0 radical (unpaired) electrons. The van der Waals surface area contributed by atoms with Crippen LogP contribution in [0.4, 0.5) is 14.5 Å². The van der Waals surface area contributed by atoms with Crippen molar-refractivity contribution in [1.82, 2.24) is 10.6 Å². The summed E-state index contributed by atoms with van der Waals surface area (Å²) < 4.78 is 29.4. The second-order valence-electron chi connectivity index (χ2n) is 5.54. The number of hydrogen-bond donors (Lipinski definition) is 3. The molecule has 1 amide bonds. The van der Waals surface area contributed by atoms with Crippen molar-refractivity contribution in [2.75, 3.05) is 18.9 Å². The molecule has 2 aromatic rings.